The molecule has 2 heteroatoms. The molecule has 1 unspecified atom stereocenters. The third kappa shape index (κ3) is 5.49. The molecular weight excluding hydrogens is 260 g/mol. The lowest BCUT2D eigenvalue weighted by atomic mass is 9.71. The molecule has 2 nitrogen and oxygen atoms in total. The van der Waals surface area contributed by atoms with Crippen LogP contribution >= 0.6 is 0 Å². The van der Waals surface area contributed by atoms with Crippen molar-refractivity contribution in [3.8, 4) is 0 Å². The maximum absolute atomic E-state index is 9.90. The number of aliphatic hydroxyl groups excluding tert-OH is 2. The molecule has 0 heterocycles. The molecule has 0 aromatic carbocycles. The third-order valence-electron chi connectivity index (χ3n) is 3.81. The van der Waals surface area contributed by atoms with Crippen LogP contribution in [0.3, 0.4) is 0 Å². The summed E-state index contributed by atoms with van der Waals surface area (Å²) in [5.74, 6) is 0. The zero-order valence-electron chi connectivity index (χ0n) is 13.7. The highest BCUT2D eigenvalue weighted by Gasteiger charge is 2.31. The second-order valence-corrected chi connectivity index (χ2v) is 6.58. The molecule has 2 N–H and O–H groups in total. The smallest absolute Gasteiger partial charge is 0.0681 e. The molecule has 116 valence electrons. The van der Waals surface area contributed by atoms with Gasteiger partial charge >= 0.3 is 0 Å². The average Bonchev–Trinajstić information content (AvgIpc) is 2.33. The van der Waals surface area contributed by atoms with Gasteiger partial charge in [0.15, 0.2) is 0 Å². The van der Waals surface area contributed by atoms with Crippen LogP contribution in [0.4, 0.5) is 0 Å². The van der Waals surface area contributed by atoms with Crippen molar-refractivity contribution >= 4 is 0 Å². The minimum atomic E-state index is -0.247. The SMILES string of the molecule is C=C(C)/C=C/C=C(/C=C/C1=C(C)CC(O)CC1(C)C)CO. The van der Waals surface area contributed by atoms with Crippen molar-refractivity contribution in [2.45, 2.75) is 46.6 Å². The summed E-state index contributed by atoms with van der Waals surface area (Å²) in [6.45, 7) is 12.1. The molecule has 1 atom stereocenters. The Labute approximate surface area is 128 Å². The van der Waals surface area contributed by atoms with E-state index in [4.69, 9.17) is 0 Å². The molecule has 0 spiro atoms. The summed E-state index contributed by atoms with van der Waals surface area (Å²) < 4.78 is 0. The summed E-state index contributed by atoms with van der Waals surface area (Å²) in [5, 5.41) is 19.3. The van der Waals surface area contributed by atoms with E-state index in [0.29, 0.717) is 0 Å². The fourth-order valence-corrected chi connectivity index (χ4v) is 2.87. The van der Waals surface area contributed by atoms with Gasteiger partial charge in [0.25, 0.3) is 0 Å². The van der Waals surface area contributed by atoms with Crippen LogP contribution in [0.15, 0.2) is 59.3 Å². The lowest BCUT2D eigenvalue weighted by molar-refractivity contribution is 0.116. The molecule has 1 rings (SSSR count). The Morgan fingerprint density at radius 3 is 2.57 bits per heavy atom. The Bertz CT molecular complexity index is 502. The fourth-order valence-electron chi connectivity index (χ4n) is 2.87. The molecule has 0 aromatic rings. The van der Waals surface area contributed by atoms with E-state index < -0.39 is 0 Å². The fraction of sp³-hybridized carbons (Fsp3) is 0.474. The topological polar surface area (TPSA) is 40.5 Å². The van der Waals surface area contributed by atoms with Crippen LogP contribution in [0.1, 0.15) is 40.5 Å². The first-order chi connectivity index (χ1) is 9.76. The normalized spacial score (nSPS) is 23.3. The third-order valence-corrected chi connectivity index (χ3v) is 3.81. The van der Waals surface area contributed by atoms with Crippen molar-refractivity contribution in [1.82, 2.24) is 0 Å². The van der Waals surface area contributed by atoms with Gasteiger partial charge in [0.05, 0.1) is 12.7 Å². The first-order valence-electron chi connectivity index (χ1n) is 7.46. The molecule has 0 aromatic heterocycles. The van der Waals surface area contributed by atoms with Crippen molar-refractivity contribution in [2.75, 3.05) is 6.61 Å². The largest absolute Gasteiger partial charge is 0.393 e. The van der Waals surface area contributed by atoms with E-state index in [-0.39, 0.29) is 18.1 Å². The summed E-state index contributed by atoms with van der Waals surface area (Å²) in [6, 6.07) is 0. The van der Waals surface area contributed by atoms with Crippen LogP contribution in [0.2, 0.25) is 0 Å². The van der Waals surface area contributed by atoms with E-state index in [1.165, 1.54) is 11.1 Å². The average molecular weight is 288 g/mol. The minimum Gasteiger partial charge on any atom is -0.393 e. The van der Waals surface area contributed by atoms with Gasteiger partial charge in [-0.3, -0.25) is 0 Å². The first-order valence-corrected chi connectivity index (χ1v) is 7.46. The molecule has 0 amide bonds. The van der Waals surface area contributed by atoms with Gasteiger partial charge in [-0.2, -0.15) is 0 Å². The van der Waals surface area contributed by atoms with Crippen LogP contribution in [-0.4, -0.2) is 22.9 Å². The molecule has 1 aliphatic rings. The molecule has 0 fully saturated rings. The maximum atomic E-state index is 9.90. The van der Waals surface area contributed by atoms with E-state index >= 15 is 0 Å². The summed E-state index contributed by atoms with van der Waals surface area (Å²) in [5.41, 5.74) is 4.29. The van der Waals surface area contributed by atoms with Crippen molar-refractivity contribution in [1.29, 1.82) is 0 Å². The van der Waals surface area contributed by atoms with Crippen molar-refractivity contribution in [2.24, 2.45) is 5.41 Å². The molecule has 0 saturated heterocycles. The van der Waals surface area contributed by atoms with Crippen LogP contribution in [0.5, 0.6) is 0 Å². The van der Waals surface area contributed by atoms with E-state index in [0.717, 1.165) is 24.0 Å². The maximum Gasteiger partial charge on any atom is 0.0681 e. The zero-order chi connectivity index (χ0) is 16.0. The second kappa shape index (κ2) is 7.58. The van der Waals surface area contributed by atoms with Gasteiger partial charge in [-0.1, -0.05) is 62.0 Å². The van der Waals surface area contributed by atoms with E-state index in [9.17, 15) is 10.2 Å². The Morgan fingerprint density at radius 1 is 1.38 bits per heavy atom. The molecule has 0 aliphatic heterocycles. The van der Waals surface area contributed by atoms with Gasteiger partial charge in [0.1, 0.15) is 0 Å². The predicted octanol–water partition coefficient (Wildman–Crippen LogP) is 4.09. The highest BCUT2D eigenvalue weighted by Crippen LogP contribution is 2.40. The standard InChI is InChI=1S/C19H28O2/c1-14(2)7-6-8-16(13-20)9-10-18-15(3)11-17(21)12-19(18,4)5/h6-10,17,20-21H,1,11-13H2,2-5H3/b7-6+,10-9+,16-8-. The number of allylic oxidation sites excluding steroid dienone is 6. The Hall–Kier alpha value is -1.38. The Kier molecular flexibility index (Phi) is 6.38. The summed E-state index contributed by atoms with van der Waals surface area (Å²) in [7, 11) is 0. The van der Waals surface area contributed by atoms with Crippen LogP contribution in [0, 0.1) is 5.41 Å². The van der Waals surface area contributed by atoms with Gasteiger partial charge in [0.2, 0.25) is 0 Å². The Morgan fingerprint density at radius 2 is 2.05 bits per heavy atom. The summed E-state index contributed by atoms with van der Waals surface area (Å²) in [4.78, 5) is 0. The first kappa shape index (κ1) is 17.7. The van der Waals surface area contributed by atoms with Gasteiger partial charge in [-0.05, 0) is 43.3 Å². The molecule has 0 bridgehead atoms. The van der Waals surface area contributed by atoms with Crippen molar-refractivity contribution < 1.29 is 10.2 Å². The molecule has 0 saturated carbocycles. The van der Waals surface area contributed by atoms with Gasteiger partial charge in [-0.15, -0.1) is 0 Å². The highest BCUT2D eigenvalue weighted by molar-refractivity contribution is 5.38. The lowest BCUT2D eigenvalue weighted by Gasteiger charge is -2.35. The quantitative estimate of drug-likeness (QED) is 0.748. The van der Waals surface area contributed by atoms with Crippen LogP contribution in [-0.2, 0) is 0 Å². The predicted molar refractivity (Wildman–Crippen MR) is 90.0 cm³/mol. The van der Waals surface area contributed by atoms with Crippen molar-refractivity contribution in [3.63, 3.8) is 0 Å². The molecule has 1 aliphatic carbocycles. The van der Waals surface area contributed by atoms with Crippen LogP contribution in [0.25, 0.3) is 0 Å². The number of hydrogen-bond donors (Lipinski definition) is 2. The van der Waals surface area contributed by atoms with Gasteiger partial charge in [-0.25, -0.2) is 0 Å². The molecular formula is C19H28O2. The van der Waals surface area contributed by atoms with Gasteiger partial charge in [0, 0.05) is 0 Å². The lowest BCUT2D eigenvalue weighted by Crippen LogP contribution is -2.28. The highest BCUT2D eigenvalue weighted by atomic mass is 16.3. The van der Waals surface area contributed by atoms with E-state index in [1.807, 2.05) is 31.2 Å². The zero-order valence-corrected chi connectivity index (χ0v) is 13.7. The number of rotatable bonds is 5. The summed E-state index contributed by atoms with van der Waals surface area (Å²) >= 11 is 0. The molecule has 0 radical (unpaired) electrons. The van der Waals surface area contributed by atoms with E-state index in [2.05, 4.69) is 33.4 Å². The Balaban J connectivity index is 2.96. The van der Waals surface area contributed by atoms with Gasteiger partial charge < -0.3 is 10.2 Å². The monoisotopic (exact) mass is 288 g/mol. The number of aliphatic hydroxyl groups is 2. The summed E-state index contributed by atoms with van der Waals surface area (Å²) in [6.07, 6.45) is 11.0. The second-order valence-electron chi connectivity index (χ2n) is 6.58. The number of hydrogen-bond acceptors (Lipinski definition) is 2. The van der Waals surface area contributed by atoms with Crippen LogP contribution < -0.4 is 0 Å². The molecule has 21 heavy (non-hydrogen) atoms. The van der Waals surface area contributed by atoms with E-state index in [1.54, 1.807) is 0 Å². The van der Waals surface area contributed by atoms with Crippen molar-refractivity contribution in [3.05, 3.63) is 59.3 Å². The minimum absolute atomic E-state index is 0.00636.